The van der Waals surface area contributed by atoms with Crippen LogP contribution in [0.1, 0.15) is 57.1 Å². The van der Waals surface area contributed by atoms with Gasteiger partial charge in [-0.1, -0.05) is 19.8 Å². The van der Waals surface area contributed by atoms with Crippen molar-refractivity contribution in [2.24, 2.45) is 11.7 Å². The second-order valence-electron chi connectivity index (χ2n) is 5.92. The monoisotopic (exact) mass is 233 g/mol. The van der Waals surface area contributed by atoms with Crippen molar-refractivity contribution >= 4 is 0 Å². The first-order valence-electron chi connectivity index (χ1n) is 7.01. The molecule has 0 spiro atoms. The molecule has 0 bridgehead atoms. The van der Waals surface area contributed by atoms with Crippen molar-refractivity contribution in [2.75, 3.05) is 6.54 Å². The summed E-state index contributed by atoms with van der Waals surface area (Å²) in [5.41, 5.74) is 7.74. The maximum absolute atomic E-state index is 6.16. The molecular formula is C14H23N3. The van der Waals surface area contributed by atoms with Gasteiger partial charge in [-0.2, -0.15) is 0 Å². The minimum atomic E-state index is 0.146. The van der Waals surface area contributed by atoms with Crippen LogP contribution in [0.5, 0.6) is 0 Å². The largest absolute Gasteiger partial charge is 0.328 e. The van der Waals surface area contributed by atoms with E-state index in [1.165, 1.54) is 44.2 Å². The summed E-state index contributed by atoms with van der Waals surface area (Å²) in [6.07, 6.45) is 12.0. The first-order valence-corrected chi connectivity index (χ1v) is 7.01. The van der Waals surface area contributed by atoms with Gasteiger partial charge in [-0.05, 0) is 31.6 Å². The molecule has 1 heterocycles. The fourth-order valence-corrected chi connectivity index (χ4v) is 3.51. The summed E-state index contributed by atoms with van der Waals surface area (Å²) in [5, 5.41) is 0. The van der Waals surface area contributed by atoms with Crippen LogP contribution < -0.4 is 5.73 Å². The second-order valence-corrected chi connectivity index (χ2v) is 5.92. The molecule has 3 rings (SSSR count). The van der Waals surface area contributed by atoms with Crippen LogP contribution in [0.15, 0.2) is 12.5 Å². The zero-order chi connectivity index (χ0) is 11.9. The van der Waals surface area contributed by atoms with E-state index in [0.29, 0.717) is 5.92 Å². The van der Waals surface area contributed by atoms with E-state index < -0.39 is 0 Å². The molecule has 2 N–H and O–H groups in total. The molecule has 17 heavy (non-hydrogen) atoms. The van der Waals surface area contributed by atoms with Crippen molar-refractivity contribution in [2.45, 2.75) is 56.9 Å². The number of nitrogens with zero attached hydrogens (tertiary/aromatic N) is 2. The lowest BCUT2D eigenvalue weighted by molar-refractivity contribution is 0.121. The van der Waals surface area contributed by atoms with Gasteiger partial charge in [0.15, 0.2) is 0 Å². The molecule has 2 fully saturated rings. The molecule has 0 amide bonds. The second kappa shape index (κ2) is 4.13. The summed E-state index contributed by atoms with van der Waals surface area (Å²) in [6.45, 7) is 3.12. The molecular weight excluding hydrogens is 210 g/mol. The standard InChI is InChI=1S/C14H23N3/c1-11-4-2-3-7-14(11,9-15)17-10-16-8-13(17)12-5-6-12/h8,10-12H,2-7,9,15H2,1H3. The molecule has 1 aromatic heterocycles. The molecule has 3 nitrogen and oxygen atoms in total. The van der Waals surface area contributed by atoms with Crippen LogP contribution in [0.2, 0.25) is 0 Å². The highest BCUT2D eigenvalue weighted by molar-refractivity contribution is 5.16. The van der Waals surface area contributed by atoms with Gasteiger partial charge in [0.05, 0.1) is 11.9 Å². The summed E-state index contributed by atoms with van der Waals surface area (Å²) >= 11 is 0. The third kappa shape index (κ3) is 1.71. The first-order chi connectivity index (χ1) is 8.28. The molecule has 0 aliphatic heterocycles. The lowest BCUT2D eigenvalue weighted by atomic mass is 9.73. The van der Waals surface area contributed by atoms with E-state index in [1.807, 2.05) is 6.33 Å². The highest BCUT2D eigenvalue weighted by atomic mass is 15.1. The van der Waals surface area contributed by atoms with E-state index in [4.69, 9.17) is 5.73 Å². The van der Waals surface area contributed by atoms with Crippen LogP contribution in [0.3, 0.4) is 0 Å². The normalized spacial score (nSPS) is 33.9. The van der Waals surface area contributed by atoms with Crippen molar-refractivity contribution in [3.8, 4) is 0 Å². The number of nitrogens with two attached hydrogens (primary N) is 1. The lowest BCUT2D eigenvalue weighted by Gasteiger charge is -2.44. The van der Waals surface area contributed by atoms with Gasteiger partial charge < -0.3 is 10.3 Å². The van der Waals surface area contributed by atoms with Gasteiger partial charge in [0.1, 0.15) is 0 Å². The van der Waals surface area contributed by atoms with Crippen LogP contribution in [0, 0.1) is 5.92 Å². The van der Waals surface area contributed by atoms with E-state index in [2.05, 4.69) is 22.7 Å². The number of hydrogen-bond donors (Lipinski definition) is 1. The Hall–Kier alpha value is -0.830. The quantitative estimate of drug-likeness (QED) is 0.872. The van der Waals surface area contributed by atoms with Gasteiger partial charge >= 0.3 is 0 Å². The summed E-state index contributed by atoms with van der Waals surface area (Å²) in [7, 11) is 0. The molecule has 2 atom stereocenters. The van der Waals surface area contributed by atoms with Gasteiger partial charge in [0, 0.05) is 24.4 Å². The third-order valence-electron chi connectivity index (χ3n) is 4.91. The molecule has 0 saturated heterocycles. The van der Waals surface area contributed by atoms with Crippen LogP contribution >= 0.6 is 0 Å². The van der Waals surface area contributed by atoms with Crippen molar-refractivity contribution in [3.05, 3.63) is 18.2 Å². The van der Waals surface area contributed by atoms with E-state index >= 15 is 0 Å². The SMILES string of the molecule is CC1CCCCC1(CN)n1cncc1C1CC1. The summed E-state index contributed by atoms with van der Waals surface area (Å²) in [6, 6.07) is 0. The summed E-state index contributed by atoms with van der Waals surface area (Å²) < 4.78 is 2.44. The van der Waals surface area contributed by atoms with Gasteiger partial charge in [0.25, 0.3) is 0 Å². The van der Waals surface area contributed by atoms with E-state index in [9.17, 15) is 0 Å². The predicted molar refractivity (Wildman–Crippen MR) is 68.9 cm³/mol. The smallest absolute Gasteiger partial charge is 0.0954 e. The fraction of sp³-hybridized carbons (Fsp3) is 0.786. The van der Waals surface area contributed by atoms with Gasteiger partial charge in [-0.15, -0.1) is 0 Å². The molecule has 2 aliphatic carbocycles. The lowest BCUT2D eigenvalue weighted by Crippen LogP contribution is -2.48. The van der Waals surface area contributed by atoms with Crippen molar-refractivity contribution in [1.29, 1.82) is 0 Å². The number of rotatable bonds is 3. The minimum absolute atomic E-state index is 0.146. The Kier molecular flexibility index (Phi) is 2.74. The number of aromatic nitrogens is 2. The zero-order valence-corrected chi connectivity index (χ0v) is 10.7. The van der Waals surface area contributed by atoms with E-state index in [-0.39, 0.29) is 5.54 Å². The maximum Gasteiger partial charge on any atom is 0.0954 e. The van der Waals surface area contributed by atoms with Crippen molar-refractivity contribution < 1.29 is 0 Å². The van der Waals surface area contributed by atoms with Crippen LogP contribution in [0.4, 0.5) is 0 Å². The molecule has 0 aromatic carbocycles. The Morgan fingerprint density at radius 1 is 1.41 bits per heavy atom. The first kappa shape index (κ1) is 11.3. The molecule has 2 saturated carbocycles. The Morgan fingerprint density at radius 3 is 2.88 bits per heavy atom. The predicted octanol–water partition coefficient (Wildman–Crippen LogP) is 2.62. The Labute approximate surface area is 103 Å². The van der Waals surface area contributed by atoms with Gasteiger partial charge in [0.2, 0.25) is 0 Å². The molecule has 1 aromatic rings. The van der Waals surface area contributed by atoms with Crippen LogP contribution in [0.25, 0.3) is 0 Å². The van der Waals surface area contributed by atoms with Crippen molar-refractivity contribution in [1.82, 2.24) is 9.55 Å². The zero-order valence-electron chi connectivity index (χ0n) is 10.7. The fourth-order valence-electron chi connectivity index (χ4n) is 3.51. The summed E-state index contributed by atoms with van der Waals surface area (Å²) in [5.74, 6) is 1.43. The molecule has 2 aliphatic rings. The van der Waals surface area contributed by atoms with Gasteiger partial charge in [-0.3, -0.25) is 0 Å². The Bertz CT molecular complexity index is 394. The summed E-state index contributed by atoms with van der Waals surface area (Å²) in [4.78, 5) is 4.39. The topological polar surface area (TPSA) is 43.8 Å². The molecule has 3 heteroatoms. The number of imidazole rings is 1. The average molecular weight is 233 g/mol. The maximum atomic E-state index is 6.16. The molecule has 94 valence electrons. The van der Waals surface area contributed by atoms with Crippen LogP contribution in [-0.4, -0.2) is 16.1 Å². The van der Waals surface area contributed by atoms with E-state index in [0.717, 1.165) is 12.5 Å². The van der Waals surface area contributed by atoms with Gasteiger partial charge in [-0.25, -0.2) is 4.98 Å². The van der Waals surface area contributed by atoms with E-state index in [1.54, 1.807) is 0 Å². The Balaban J connectivity index is 2.00. The highest BCUT2D eigenvalue weighted by Gasteiger charge is 2.41. The average Bonchev–Trinajstić information content (AvgIpc) is 3.08. The Morgan fingerprint density at radius 2 is 2.24 bits per heavy atom. The molecule has 0 radical (unpaired) electrons. The number of hydrogen-bond acceptors (Lipinski definition) is 2. The highest BCUT2D eigenvalue weighted by Crippen LogP contribution is 2.45. The minimum Gasteiger partial charge on any atom is -0.328 e. The third-order valence-corrected chi connectivity index (χ3v) is 4.91. The van der Waals surface area contributed by atoms with Crippen molar-refractivity contribution in [3.63, 3.8) is 0 Å². The van der Waals surface area contributed by atoms with Crippen LogP contribution in [-0.2, 0) is 5.54 Å². The molecule has 2 unspecified atom stereocenters.